The van der Waals surface area contributed by atoms with Gasteiger partial charge in [-0.25, -0.2) is 13.2 Å². The van der Waals surface area contributed by atoms with Crippen molar-refractivity contribution in [3.8, 4) is 0 Å². The summed E-state index contributed by atoms with van der Waals surface area (Å²) in [6, 6.07) is 13.0. The number of sulfonamides is 1. The molecule has 8 heteroatoms. The number of allylic oxidation sites excluding steroid dienone is 2. The molecule has 0 spiro atoms. The third-order valence-electron chi connectivity index (χ3n) is 6.72. The number of nitrogens with one attached hydrogen (secondary N) is 1. The van der Waals surface area contributed by atoms with Gasteiger partial charge in [-0.05, 0) is 60.7 Å². The Labute approximate surface area is 194 Å². The summed E-state index contributed by atoms with van der Waals surface area (Å²) >= 11 is 0. The number of fused-ring (bicyclic) bond motifs is 3. The van der Waals surface area contributed by atoms with Crippen LogP contribution in [0.3, 0.4) is 0 Å². The Hall–Kier alpha value is -2.68. The van der Waals surface area contributed by atoms with Crippen LogP contribution in [-0.2, 0) is 19.5 Å². The number of nitrogens with zero attached hydrogens (tertiary/aromatic N) is 1. The smallest absolute Gasteiger partial charge is 0.338 e. The van der Waals surface area contributed by atoms with Gasteiger partial charge in [-0.2, -0.15) is 4.31 Å². The van der Waals surface area contributed by atoms with E-state index in [-0.39, 0.29) is 23.8 Å². The summed E-state index contributed by atoms with van der Waals surface area (Å²) in [5, 5.41) is 3.64. The van der Waals surface area contributed by atoms with Crippen molar-refractivity contribution >= 4 is 21.7 Å². The highest BCUT2D eigenvalue weighted by Gasteiger charge is 2.38. The molecule has 33 heavy (non-hydrogen) atoms. The van der Waals surface area contributed by atoms with E-state index in [0.29, 0.717) is 43.4 Å². The van der Waals surface area contributed by atoms with Crippen LogP contribution >= 0.6 is 0 Å². The molecule has 2 heterocycles. The molecule has 1 saturated heterocycles. The molecule has 1 fully saturated rings. The Balaban J connectivity index is 1.41. The minimum atomic E-state index is -3.52. The van der Waals surface area contributed by atoms with Gasteiger partial charge in [0.2, 0.25) is 10.0 Å². The van der Waals surface area contributed by atoms with Crippen molar-refractivity contribution in [3.63, 3.8) is 0 Å². The molecule has 5 rings (SSSR count). The van der Waals surface area contributed by atoms with E-state index in [4.69, 9.17) is 9.47 Å². The Bertz CT molecular complexity index is 1170. The quantitative estimate of drug-likeness (QED) is 0.532. The van der Waals surface area contributed by atoms with Crippen LogP contribution in [0.1, 0.15) is 46.8 Å². The minimum Gasteiger partial charge on any atom is -0.462 e. The SMILES string of the molecule is CCOC(=O)c1ccc2c(c1)[C@H]1C=CC[C@@H]1[C@H](c1ccc(S(=O)(=O)N3CCOCC3)cc1)N2. The molecule has 2 aromatic carbocycles. The lowest BCUT2D eigenvalue weighted by molar-refractivity contribution is 0.0526. The summed E-state index contributed by atoms with van der Waals surface area (Å²) in [6.07, 6.45) is 5.32. The fraction of sp³-hybridized carbons (Fsp3) is 0.400. The third kappa shape index (κ3) is 4.07. The fourth-order valence-corrected chi connectivity index (χ4v) is 6.46. The maximum absolute atomic E-state index is 13.0. The Morgan fingerprint density at radius 3 is 2.64 bits per heavy atom. The molecule has 0 amide bonds. The Kier molecular flexibility index (Phi) is 5.99. The van der Waals surface area contributed by atoms with Crippen LogP contribution in [0.5, 0.6) is 0 Å². The molecule has 2 aromatic rings. The molecule has 0 bridgehead atoms. The van der Waals surface area contributed by atoms with E-state index in [1.807, 2.05) is 24.3 Å². The van der Waals surface area contributed by atoms with Crippen LogP contribution in [-0.4, -0.2) is 51.6 Å². The molecule has 2 aliphatic heterocycles. The number of anilines is 1. The third-order valence-corrected chi connectivity index (χ3v) is 8.63. The molecule has 174 valence electrons. The summed E-state index contributed by atoms with van der Waals surface area (Å²) in [7, 11) is -3.52. The van der Waals surface area contributed by atoms with Gasteiger partial charge < -0.3 is 14.8 Å². The fourth-order valence-electron chi connectivity index (χ4n) is 5.05. The molecular weight excluding hydrogens is 440 g/mol. The van der Waals surface area contributed by atoms with Crippen LogP contribution in [0, 0.1) is 5.92 Å². The first-order valence-corrected chi connectivity index (χ1v) is 12.8. The van der Waals surface area contributed by atoms with Gasteiger partial charge in [0.05, 0.1) is 36.3 Å². The molecule has 3 aliphatic rings. The number of carbonyl (C=O) groups excluding carboxylic acids is 1. The lowest BCUT2D eigenvalue weighted by Crippen LogP contribution is -2.40. The van der Waals surface area contributed by atoms with Gasteiger partial charge in [0.25, 0.3) is 0 Å². The standard InChI is InChI=1S/C25H28N2O5S/c1-2-32-25(28)18-8-11-23-22(16-18)20-4-3-5-21(20)24(26-23)17-6-9-19(10-7-17)33(29,30)27-12-14-31-15-13-27/h3-4,6-11,16,20-21,24,26H,2,5,12-15H2,1H3/t20-,21-,24-/m0/s1. The molecule has 0 saturated carbocycles. The molecule has 3 atom stereocenters. The zero-order chi connectivity index (χ0) is 23.0. The normalized spacial score (nSPS) is 24.6. The number of rotatable bonds is 5. The van der Waals surface area contributed by atoms with Crippen LogP contribution in [0.25, 0.3) is 0 Å². The summed E-state index contributed by atoms with van der Waals surface area (Å²) in [5.74, 6) is 0.173. The maximum atomic E-state index is 13.0. The first kappa shape index (κ1) is 22.1. The topological polar surface area (TPSA) is 84.9 Å². The monoisotopic (exact) mass is 468 g/mol. The van der Waals surface area contributed by atoms with E-state index in [1.165, 1.54) is 4.31 Å². The van der Waals surface area contributed by atoms with Crippen molar-refractivity contribution in [1.82, 2.24) is 4.31 Å². The number of benzene rings is 2. The van der Waals surface area contributed by atoms with Gasteiger partial charge >= 0.3 is 5.97 Å². The van der Waals surface area contributed by atoms with Gasteiger partial charge in [-0.15, -0.1) is 0 Å². The van der Waals surface area contributed by atoms with E-state index in [0.717, 1.165) is 23.2 Å². The van der Waals surface area contributed by atoms with Crippen LogP contribution in [0.2, 0.25) is 0 Å². The molecule has 0 radical (unpaired) electrons. The number of ether oxygens (including phenoxy) is 2. The van der Waals surface area contributed by atoms with Crippen molar-refractivity contribution in [2.45, 2.75) is 30.2 Å². The van der Waals surface area contributed by atoms with Crippen molar-refractivity contribution in [3.05, 3.63) is 71.3 Å². The highest BCUT2D eigenvalue weighted by Crippen LogP contribution is 2.50. The lowest BCUT2D eigenvalue weighted by Gasteiger charge is -2.37. The summed E-state index contributed by atoms with van der Waals surface area (Å²) in [6.45, 7) is 3.77. The molecule has 1 N–H and O–H groups in total. The molecule has 0 aromatic heterocycles. The van der Waals surface area contributed by atoms with Gasteiger partial charge in [-0.1, -0.05) is 24.3 Å². The maximum Gasteiger partial charge on any atom is 0.338 e. The average molecular weight is 469 g/mol. The number of hydrogen-bond acceptors (Lipinski definition) is 6. The zero-order valence-corrected chi connectivity index (χ0v) is 19.4. The predicted molar refractivity (Wildman–Crippen MR) is 125 cm³/mol. The second kappa shape index (κ2) is 8.93. The Morgan fingerprint density at radius 1 is 1.15 bits per heavy atom. The van der Waals surface area contributed by atoms with Gasteiger partial charge in [-0.3, -0.25) is 0 Å². The molecule has 1 aliphatic carbocycles. The number of morpholine rings is 1. The molecule has 0 unspecified atom stereocenters. The summed E-state index contributed by atoms with van der Waals surface area (Å²) in [4.78, 5) is 12.5. The van der Waals surface area contributed by atoms with Crippen molar-refractivity contribution in [2.75, 3.05) is 38.2 Å². The van der Waals surface area contributed by atoms with E-state index >= 15 is 0 Å². The number of hydrogen-bond donors (Lipinski definition) is 1. The number of esters is 1. The van der Waals surface area contributed by atoms with E-state index in [2.05, 4.69) is 17.5 Å². The van der Waals surface area contributed by atoms with Gasteiger partial charge in [0.1, 0.15) is 0 Å². The first-order valence-electron chi connectivity index (χ1n) is 11.4. The van der Waals surface area contributed by atoms with Crippen LogP contribution < -0.4 is 5.32 Å². The largest absolute Gasteiger partial charge is 0.462 e. The first-order chi connectivity index (χ1) is 16.0. The molecule has 7 nitrogen and oxygen atoms in total. The van der Waals surface area contributed by atoms with Crippen LogP contribution in [0.15, 0.2) is 59.5 Å². The van der Waals surface area contributed by atoms with Crippen molar-refractivity contribution < 1.29 is 22.7 Å². The highest BCUT2D eigenvalue weighted by atomic mass is 32.2. The molecular formula is C25H28N2O5S. The van der Waals surface area contributed by atoms with E-state index < -0.39 is 10.0 Å². The van der Waals surface area contributed by atoms with Crippen molar-refractivity contribution in [2.24, 2.45) is 5.92 Å². The van der Waals surface area contributed by atoms with Crippen molar-refractivity contribution in [1.29, 1.82) is 0 Å². The zero-order valence-electron chi connectivity index (χ0n) is 18.6. The summed E-state index contributed by atoms with van der Waals surface area (Å²) < 4.78 is 37.9. The van der Waals surface area contributed by atoms with E-state index in [1.54, 1.807) is 25.1 Å². The van der Waals surface area contributed by atoms with Crippen LogP contribution in [0.4, 0.5) is 5.69 Å². The summed E-state index contributed by atoms with van der Waals surface area (Å²) in [5.41, 5.74) is 3.70. The second-order valence-corrected chi connectivity index (χ2v) is 10.5. The van der Waals surface area contributed by atoms with Gasteiger partial charge in [0, 0.05) is 24.7 Å². The van der Waals surface area contributed by atoms with Gasteiger partial charge in [0.15, 0.2) is 0 Å². The highest BCUT2D eigenvalue weighted by molar-refractivity contribution is 7.89. The lowest BCUT2D eigenvalue weighted by atomic mass is 9.76. The van der Waals surface area contributed by atoms with E-state index in [9.17, 15) is 13.2 Å². The Morgan fingerprint density at radius 2 is 1.91 bits per heavy atom. The average Bonchev–Trinajstić information content (AvgIpc) is 3.34. The predicted octanol–water partition coefficient (Wildman–Crippen LogP) is 3.71. The number of carbonyl (C=O) groups is 1. The minimum absolute atomic E-state index is 0.0473. The second-order valence-electron chi connectivity index (χ2n) is 8.58.